The molecule has 0 radical (unpaired) electrons. The number of hydrogen-bond acceptors (Lipinski definition) is 8. The summed E-state index contributed by atoms with van der Waals surface area (Å²) < 4.78 is 7.21. The van der Waals surface area contributed by atoms with Crippen LogP contribution in [-0.4, -0.2) is 30.6 Å². The first-order chi connectivity index (χ1) is 13.5. The first-order valence-corrected chi connectivity index (χ1v) is 10.2. The molecule has 4 rings (SSSR count). The molecule has 4 aromatic rings. The second-order valence-corrected chi connectivity index (χ2v) is 7.83. The Hall–Kier alpha value is -2.92. The Morgan fingerprint density at radius 3 is 3.04 bits per heavy atom. The minimum Gasteiger partial charge on any atom is -0.464 e. The Bertz CT molecular complexity index is 1190. The molecule has 0 bridgehead atoms. The minimum absolute atomic E-state index is 0.201. The van der Waals surface area contributed by atoms with Gasteiger partial charge in [0.15, 0.2) is 5.16 Å². The number of fused-ring (bicyclic) bond motifs is 1. The van der Waals surface area contributed by atoms with E-state index in [0.29, 0.717) is 45.0 Å². The normalized spacial score (nSPS) is 11.3. The van der Waals surface area contributed by atoms with Crippen LogP contribution in [-0.2, 0) is 24.0 Å². The smallest absolute Gasteiger partial charge is 0.260 e. The second-order valence-electron chi connectivity index (χ2n) is 6.03. The van der Waals surface area contributed by atoms with Gasteiger partial charge in [0.25, 0.3) is 5.56 Å². The van der Waals surface area contributed by atoms with Crippen LogP contribution < -0.4 is 11.3 Å². The lowest BCUT2D eigenvalue weighted by molar-refractivity contribution is -0.118. The molecule has 0 aliphatic carbocycles. The third-order valence-corrected chi connectivity index (χ3v) is 6.04. The molecule has 9 nitrogen and oxygen atoms in total. The third-order valence-electron chi connectivity index (χ3n) is 4.14. The van der Waals surface area contributed by atoms with Gasteiger partial charge in [-0.1, -0.05) is 11.8 Å². The number of nitrogens with one attached hydrogen (secondary N) is 1. The predicted octanol–water partition coefficient (Wildman–Crippen LogP) is 2.08. The number of rotatable bonds is 7. The van der Waals surface area contributed by atoms with E-state index < -0.39 is 0 Å². The maximum Gasteiger partial charge on any atom is 0.260 e. The third kappa shape index (κ3) is 3.58. The van der Waals surface area contributed by atoms with Crippen molar-refractivity contribution in [2.24, 2.45) is 12.8 Å². The average Bonchev–Trinajstić information content (AvgIpc) is 3.38. The number of nitrogens with zero attached hydrogens (tertiary/aromatic N) is 4. The van der Waals surface area contributed by atoms with Gasteiger partial charge in [-0.3, -0.25) is 9.59 Å². The van der Waals surface area contributed by atoms with Gasteiger partial charge < -0.3 is 19.7 Å². The summed E-state index contributed by atoms with van der Waals surface area (Å²) >= 11 is 2.81. The first-order valence-electron chi connectivity index (χ1n) is 8.36. The van der Waals surface area contributed by atoms with Gasteiger partial charge in [0.2, 0.25) is 5.91 Å². The molecular formula is C17H16N6O3S2. The molecule has 1 amide bonds. The zero-order valence-electron chi connectivity index (χ0n) is 14.8. The number of furan rings is 1. The van der Waals surface area contributed by atoms with Crippen molar-refractivity contribution in [1.29, 1.82) is 0 Å². The molecule has 0 saturated carbocycles. The number of H-pyrrole nitrogens is 1. The standard InChI is InChI=1S/C17H16N6O3S2/c1-23-13(5-4-11(18)24)21-22-17(23)28-8-12-19-15(25)14-9(7-27-16(14)20-12)10-3-2-6-26-10/h2-3,6-7H,4-5,8H2,1H3,(H2,18,24)(H,19,20,25). The van der Waals surface area contributed by atoms with Gasteiger partial charge in [0.1, 0.15) is 22.2 Å². The monoisotopic (exact) mass is 416 g/mol. The Morgan fingerprint density at radius 2 is 2.29 bits per heavy atom. The average molecular weight is 416 g/mol. The lowest BCUT2D eigenvalue weighted by Gasteiger charge is -2.03. The summed E-state index contributed by atoms with van der Waals surface area (Å²) in [6.07, 6.45) is 2.23. The summed E-state index contributed by atoms with van der Waals surface area (Å²) in [5, 5.41) is 11.3. The summed E-state index contributed by atoms with van der Waals surface area (Å²) in [7, 11) is 1.83. The van der Waals surface area contributed by atoms with Gasteiger partial charge in [-0.15, -0.1) is 21.5 Å². The molecule has 0 fully saturated rings. The van der Waals surface area contributed by atoms with Crippen LogP contribution in [0, 0.1) is 0 Å². The van der Waals surface area contributed by atoms with E-state index in [2.05, 4.69) is 20.2 Å². The summed E-state index contributed by atoms with van der Waals surface area (Å²) in [6, 6.07) is 3.60. The van der Waals surface area contributed by atoms with Gasteiger partial charge in [-0.25, -0.2) is 4.98 Å². The SMILES string of the molecule is Cn1c(CCC(N)=O)nnc1SCc1nc2scc(-c3ccco3)c2c(=O)[nH]1. The van der Waals surface area contributed by atoms with E-state index in [4.69, 9.17) is 10.2 Å². The molecule has 0 aliphatic rings. The Labute approximate surface area is 167 Å². The number of aromatic nitrogens is 5. The molecule has 144 valence electrons. The Kier molecular flexibility index (Phi) is 5.01. The largest absolute Gasteiger partial charge is 0.464 e. The van der Waals surface area contributed by atoms with Crippen LogP contribution in [0.4, 0.5) is 0 Å². The maximum atomic E-state index is 12.6. The van der Waals surface area contributed by atoms with Gasteiger partial charge in [-0.05, 0) is 12.1 Å². The van der Waals surface area contributed by atoms with Crippen LogP contribution >= 0.6 is 23.1 Å². The Morgan fingerprint density at radius 1 is 1.43 bits per heavy atom. The molecule has 0 aliphatic heterocycles. The van der Waals surface area contributed by atoms with Crippen molar-refractivity contribution in [3.63, 3.8) is 0 Å². The fourth-order valence-electron chi connectivity index (χ4n) is 2.73. The number of aromatic amines is 1. The molecule has 3 N–H and O–H groups in total. The van der Waals surface area contributed by atoms with Crippen molar-refractivity contribution in [3.8, 4) is 11.3 Å². The Balaban J connectivity index is 1.53. The number of carbonyl (C=O) groups excluding carboxylic acids is 1. The minimum atomic E-state index is -0.378. The summed E-state index contributed by atoms with van der Waals surface area (Å²) in [5.41, 5.74) is 5.72. The van der Waals surface area contributed by atoms with Crippen LogP contribution in [0.5, 0.6) is 0 Å². The first kappa shape index (κ1) is 18.4. The highest BCUT2D eigenvalue weighted by Gasteiger charge is 2.16. The highest BCUT2D eigenvalue weighted by Crippen LogP contribution is 2.31. The van der Waals surface area contributed by atoms with Crippen LogP contribution in [0.2, 0.25) is 0 Å². The van der Waals surface area contributed by atoms with Gasteiger partial charge in [-0.2, -0.15) is 0 Å². The van der Waals surface area contributed by atoms with Crippen molar-refractivity contribution < 1.29 is 9.21 Å². The number of nitrogens with two attached hydrogens (primary N) is 1. The number of carbonyl (C=O) groups is 1. The number of primary amides is 1. The van der Waals surface area contributed by atoms with Crippen LogP contribution in [0.1, 0.15) is 18.1 Å². The molecule has 0 aromatic carbocycles. The zero-order chi connectivity index (χ0) is 19.7. The zero-order valence-corrected chi connectivity index (χ0v) is 16.5. The predicted molar refractivity (Wildman–Crippen MR) is 106 cm³/mol. The van der Waals surface area contributed by atoms with E-state index in [1.807, 2.05) is 23.1 Å². The van der Waals surface area contributed by atoms with E-state index in [9.17, 15) is 9.59 Å². The highest BCUT2D eigenvalue weighted by molar-refractivity contribution is 7.98. The van der Waals surface area contributed by atoms with E-state index in [1.54, 1.807) is 12.3 Å². The van der Waals surface area contributed by atoms with E-state index in [1.165, 1.54) is 23.1 Å². The van der Waals surface area contributed by atoms with Gasteiger partial charge in [0, 0.05) is 30.8 Å². The highest BCUT2D eigenvalue weighted by atomic mass is 32.2. The molecule has 4 aromatic heterocycles. The fraction of sp³-hybridized carbons (Fsp3) is 0.235. The van der Waals surface area contributed by atoms with Crippen LogP contribution in [0.25, 0.3) is 21.5 Å². The number of thioether (sulfide) groups is 1. The molecule has 11 heteroatoms. The maximum absolute atomic E-state index is 12.6. The fourth-order valence-corrected chi connectivity index (χ4v) is 4.48. The number of amides is 1. The molecule has 0 spiro atoms. The number of thiophene rings is 1. The number of hydrogen-bond donors (Lipinski definition) is 2. The molecule has 0 unspecified atom stereocenters. The van der Waals surface area contributed by atoms with E-state index >= 15 is 0 Å². The summed E-state index contributed by atoms with van der Waals surface area (Å²) in [6.45, 7) is 0. The van der Waals surface area contributed by atoms with Crippen molar-refractivity contribution >= 4 is 39.2 Å². The molecule has 0 saturated heterocycles. The van der Waals surface area contributed by atoms with Crippen molar-refractivity contribution in [1.82, 2.24) is 24.7 Å². The van der Waals surface area contributed by atoms with Crippen molar-refractivity contribution in [2.45, 2.75) is 23.8 Å². The van der Waals surface area contributed by atoms with Crippen molar-refractivity contribution in [2.75, 3.05) is 0 Å². The quantitative estimate of drug-likeness (QED) is 0.441. The van der Waals surface area contributed by atoms with Crippen molar-refractivity contribution in [3.05, 3.63) is 45.8 Å². The summed E-state index contributed by atoms with van der Waals surface area (Å²) in [4.78, 5) is 31.6. The second kappa shape index (κ2) is 7.60. The molecule has 28 heavy (non-hydrogen) atoms. The van der Waals surface area contributed by atoms with Crippen LogP contribution in [0.15, 0.2) is 38.1 Å². The lowest BCUT2D eigenvalue weighted by Crippen LogP contribution is -2.13. The van der Waals surface area contributed by atoms with Gasteiger partial charge >= 0.3 is 0 Å². The molecule has 4 heterocycles. The van der Waals surface area contributed by atoms with E-state index in [-0.39, 0.29) is 17.9 Å². The van der Waals surface area contributed by atoms with E-state index in [0.717, 1.165) is 5.56 Å². The lowest BCUT2D eigenvalue weighted by atomic mass is 10.2. The molecular weight excluding hydrogens is 400 g/mol. The molecule has 0 atom stereocenters. The topological polar surface area (TPSA) is 133 Å². The summed E-state index contributed by atoms with van der Waals surface area (Å²) in [5.74, 6) is 1.93. The van der Waals surface area contributed by atoms with Crippen LogP contribution in [0.3, 0.4) is 0 Å². The number of aryl methyl sites for hydroxylation is 1. The van der Waals surface area contributed by atoms with Gasteiger partial charge in [0.05, 0.1) is 17.4 Å².